The van der Waals surface area contributed by atoms with Crippen molar-refractivity contribution in [2.24, 2.45) is 0 Å². The number of piperazine rings is 1. The lowest BCUT2D eigenvalue weighted by molar-refractivity contribution is 0.0635. The molecule has 3 heterocycles. The molecule has 1 aliphatic carbocycles. The molecule has 10 nitrogen and oxygen atoms in total. The number of nitrogens with zero attached hydrogens (tertiary/aromatic N) is 5. The number of nitrogen functional groups attached to an aromatic ring is 1. The van der Waals surface area contributed by atoms with Crippen molar-refractivity contribution < 1.29 is 14.3 Å². The molecule has 0 bridgehead atoms. The Morgan fingerprint density at radius 2 is 1.89 bits per heavy atom. The average molecular weight is 480 g/mol. The van der Waals surface area contributed by atoms with Crippen molar-refractivity contribution in [3.05, 3.63) is 30.6 Å². The highest BCUT2D eigenvalue weighted by molar-refractivity contribution is 5.93. The van der Waals surface area contributed by atoms with Gasteiger partial charge in [0, 0.05) is 37.8 Å². The fourth-order valence-electron chi connectivity index (χ4n) is 4.63. The van der Waals surface area contributed by atoms with Gasteiger partial charge in [0.1, 0.15) is 29.0 Å². The lowest BCUT2D eigenvalue weighted by Crippen LogP contribution is -2.47. The van der Waals surface area contributed by atoms with Gasteiger partial charge in [-0.3, -0.25) is 10.2 Å². The number of carbonyl (C=O) groups is 1. The first-order chi connectivity index (χ1) is 16.7. The smallest absolute Gasteiger partial charge is 0.412 e. The van der Waals surface area contributed by atoms with E-state index >= 15 is 0 Å². The van der Waals surface area contributed by atoms with Crippen molar-refractivity contribution in [2.45, 2.75) is 45.3 Å². The van der Waals surface area contributed by atoms with Gasteiger partial charge in [-0.25, -0.2) is 14.3 Å². The lowest BCUT2D eigenvalue weighted by Gasteiger charge is -2.35. The molecule has 10 heteroatoms. The van der Waals surface area contributed by atoms with Crippen LogP contribution in [0, 0.1) is 0 Å². The molecule has 3 N–H and O–H groups in total. The zero-order valence-corrected chi connectivity index (χ0v) is 20.7. The molecule has 0 spiro atoms. The van der Waals surface area contributed by atoms with Crippen LogP contribution in [0.4, 0.5) is 22.1 Å². The molecule has 35 heavy (non-hydrogen) atoms. The average Bonchev–Trinajstić information content (AvgIpc) is 3.59. The maximum Gasteiger partial charge on any atom is 0.412 e. The van der Waals surface area contributed by atoms with Crippen molar-refractivity contribution in [2.75, 3.05) is 49.2 Å². The summed E-state index contributed by atoms with van der Waals surface area (Å²) in [7, 11) is 1.57. The monoisotopic (exact) mass is 479 g/mol. The van der Waals surface area contributed by atoms with Crippen LogP contribution in [-0.2, 0) is 4.74 Å². The third-order valence-electron chi connectivity index (χ3n) is 6.41. The minimum absolute atomic E-state index is 0.410. The number of rotatable bonds is 5. The SMILES string of the molecule is COc1cc(-c2cc(N3CCN(C4CC4)CC3)n3ncnc(N)c23)ccc1NC(=O)OC(C)(C)C. The number of carbonyl (C=O) groups excluding carboxylic acids is 1. The molecule has 1 amide bonds. The molecule has 1 aliphatic heterocycles. The molecule has 0 unspecified atom stereocenters. The summed E-state index contributed by atoms with van der Waals surface area (Å²) in [5.74, 6) is 1.92. The summed E-state index contributed by atoms with van der Waals surface area (Å²) in [6.45, 7) is 9.43. The van der Waals surface area contributed by atoms with E-state index < -0.39 is 11.7 Å². The molecule has 186 valence electrons. The predicted octanol–water partition coefficient (Wildman–Crippen LogP) is 3.62. The van der Waals surface area contributed by atoms with E-state index in [4.69, 9.17) is 15.2 Å². The molecule has 2 aromatic heterocycles. The first kappa shape index (κ1) is 23.2. The number of methoxy groups -OCH3 is 1. The number of amides is 1. The molecule has 1 saturated heterocycles. The van der Waals surface area contributed by atoms with Crippen LogP contribution in [-0.4, -0.2) is 70.5 Å². The topological polar surface area (TPSA) is 110 Å². The number of nitrogens with one attached hydrogen (secondary N) is 1. The van der Waals surface area contributed by atoms with Gasteiger partial charge in [0.05, 0.1) is 12.8 Å². The number of anilines is 3. The summed E-state index contributed by atoms with van der Waals surface area (Å²) in [6.07, 6.45) is 3.60. The van der Waals surface area contributed by atoms with Gasteiger partial charge in [0.2, 0.25) is 0 Å². The van der Waals surface area contributed by atoms with E-state index in [9.17, 15) is 4.79 Å². The van der Waals surface area contributed by atoms with E-state index in [1.165, 1.54) is 19.2 Å². The summed E-state index contributed by atoms with van der Waals surface area (Å²) >= 11 is 0. The summed E-state index contributed by atoms with van der Waals surface area (Å²) < 4.78 is 12.8. The lowest BCUT2D eigenvalue weighted by atomic mass is 10.1. The Morgan fingerprint density at radius 1 is 1.14 bits per heavy atom. The number of fused-ring (bicyclic) bond motifs is 1. The second-order valence-electron chi connectivity index (χ2n) is 10.1. The van der Waals surface area contributed by atoms with Crippen molar-refractivity contribution in [3.8, 4) is 16.9 Å². The minimum atomic E-state index is -0.596. The molecular formula is C25H33N7O3. The Kier molecular flexibility index (Phi) is 5.92. The minimum Gasteiger partial charge on any atom is -0.495 e. The third kappa shape index (κ3) is 4.84. The first-order valence-electron chi connectivity index (χ1n) is 12.0. The maximum absolute atomic E-state index is 12.3. The number of hydrogen-bond acceptors (Lipinski definition) is 8. The summed E-state index contributed by atoms with van der Waals surface area (Å²) in [4.78, 5) is 21.5. The van der Waals surface area contributed by atoms with Crippen molar-refractivity contribution in [3.63, 3.8) is 0 Å². The van der Waals surface area contributed by atoms with Crippen molar-refractivity contribution in [1.82, 2.24) is 19.5 Å². The largest absolute Gasteiger partial charge is 0.495 e. The summed E-state index contributed by atoms with van der Waals surface area (Å²) in [5, 5.41) is 7.30. The quantitative estimate of drug-likeness (QED) is 0.571. The van der Waals surface area contributed by atoms with Gasteiger partial charge in [-0.15, -0.1) is 0 Å². The molecule has 1 aromatic carbocycles. The fraction of sp³-hybridized carbons (Fsp3) is 0.480. The molecular weight excluding hydrogens is 446 g/mol. The maximum atomic E-state index is 12.3. The van der Waals surface area contributed by atoms with E-state index in [2.05, 4.69) is 31.3 Å². The Labute approximate surface area is 205 Å². The first-order valence-corrected chi connectivity index (χ1v) is 12.0. The molecule has 2 fully saturated rings. The second-order valence-corrected chi connectivity index (χ2v) is 10.1. The normalized spacial score (nSPS) is 17.0. The number of benzene rings is 1. The van der Waals surface area contributed by atoms with E-state index in [1.807, 2.05) is 37.4 Å². The van der Waals surface area contributed by atoms with Gasteiger partial charge in [0.25, 0.3) is 0 Å². The van der Waals surface area contributed by atoms with Crippen LogP contribution in [0.1, 0.15) is 33.6 Å². The van der Waals surface area contributed by atoms with Crippen LogP contribution < -0.4 is 20.7 Å². The number of ether oxygens (including phenoxy) is 2. The molecule has 5 rings (SSSR count). The number of nitrogens with two attached hydrogens (primary N) is 1. The van der Waals surface area contributed by atoms with E-state index in [0.717, 1.165) is 54.7 Å². The molecule has 2 aliphatic rings. The van der Waals surface area contributed by atoms with E-state index in [0.29, 0.717) is 17.3 Å². The number of hydrogen-bond donors (Lipinski definition) is 2. The zero-order chi connectivity index (χ0) is 24.7. The second kappa shape index (κ2) is 8.92. The third-order valence-corrected chi connectivity index (χ3v) is 6.41. The molecule has 3 aromatic rings. The van der Waals surface area contributed by atoms with E-state index in [1.54, 1.807) is 13.2 Å². The Balaban J connectivity index is 1.47. The van der Waals surface area contributed by atoms with Crippen molar-refractivity contribution in [1.29, 1.82) is 0 Å². The van der Waals surface area contributed by atoms with Crippen LogP contribution in [0.3, 0.4) is 0 Å². The van der Waals surface area contributed by atoms with Crippen LogP contribution in [0.2, 0.25) is 0 Å². The number of aromatic nitrogens is 3. The van der Waals surface area contributed by atoms with Gasteiger partial charge in [-0.05, 0) is 57.4 Å². The van der Waals surface area contributed by atoms with E-state index in [-0.39, 0.29) is 0 Å². The van der Waals surface area contributed by atoms with Crippen LogP contribution in [0.15, 0.2) is 30.6 Å². The van der Waals surface area contributed by atoms with Gasteiger partial charge in [-0.2, -0.15) is 5.10 Å². The van der Waals surface area contributed by atoms with Crippen LogP contribution in [0.25, 0.3) is 16.6 Å². The fourth-order valence-corrected chi connectivity index (χ4v) is 4.63. The Bertz CT molecular complexity index is 1240. The van der Waals surface area contributed by atoms with Crippen LogP contribution >= 0.6 is 0 Å². The highest BCUT2D eigenvalue weighted by atomic mass is 16.6. The van der Waals surface area contributed by atoms with Gasteiger partial charge in [-0.1, -0.05) is 6.07 Å². The van der Waals surface area contributed by atoms with Gasteiger partial charge < -0.3 is 20.1 Å². The molecule has 0 atom stereocenters. The summed E-state index contributed by atoms with van der Waals surface area (Å²) in [6, 6.07) is 8.49. The van der Waals surface area contributed by atoms with Crippen molar-refractivity contribution >= 4 is 28.9 Å². The highest BCUT2D eigenvalue weighted by Crippen LogP contribution is 2.38. The zero-order valence-electron chi connectivity index (χ0n) is 20.7. The molecule has 1 saturated carbocycles. The Hall–Kier alpha value is -3.53. The standard InChI is InChI=1S/C25H33N7O3/c1-25(2,3)35-24(33)29-19-8-5-16(13-20(19)34-4)18-14-21(32-22(18)23(26)27-15-28-32)31-11-9-30(10-12-31)17-6-7-17/h5,8,13-15,17H,6-7,9-12H2,1-4H3,(H,29,33)(H2,26,27,28). The van der Waals surface area contributed by atoms with Gasteiger partial charge in [0.15, 0.2) is 5.82 Å². The highest BCUT2D eigenvalue weighted by Gasteiger charge is 2.32. The predicted molar refractivity (Wildman–Crippen MR) is 136 cm³/mol. The summed E-state index contributed by atoms with van der Waals surface area (Å²) in [5.41, 5.74) is 8.80. The Morgan fingerprint density at radius 3 is 2.54 bits per heavy atom. The van der Waals surface area contributed by atoms with Gasteiger partial charge >= 0.3 is 6.09 Å². The molecule has 0 radical (unpaired) electrons. The van der Waals surface area contributed by atoms with Crippen LogP contribution in [0.5, 0.6) is 5.75 Å².